The van der Waals surface area contributed by atoms with Crippen LogP contribution in [0.15, 0.2) is 34.9 Å². The van der Waals surface area contributed by atoms with E-state index in [1.165, 1.54) is 11.0 Å². The van der Waals surface area contributed by atoms with Crippen LogP contribution in [-0.2, 0) is 9.59 Å². The Labute approximate surface area is 219 Å². The molecular formula is C29H40ClNO5. The normalized spacial score (nSPS) is 23.6. The van der Waals surface area contributed by atoms with Crippen LogP contribution in [0.5, 0.6) is 5.75 Å². The molecule has 7 heteroatoms. The highest BCUT2D eigenvalue weighted by Crippen LogP contribution is 2.48. The van der Waals surface area contributed by atoms with Crippen molar-refractivity contribution in [3.8, 4) is 5.75 Å². The average molecular weight is 518 g/mol. The maximum atomic E-state index is 13.2. The Morgan fingerprint density at radius 3 is 2.47 bits per heavy atom. The number of rotatable bonds is 11. The molecule has 0 radical (unpaired) electrons. The summed E-state index contributed by atoms with van der Waals surface area (Å²) in [6, 6.07) is 4.89. The Bertz CT molecular complexity index is 1030. The molecule has 198 valence electrons. The van der Waals surface area contributed by atoms with Gasteiger partial charge in [0.2, 0.25) is 11.8 Å². The quantitative estimate of drug-likeness (QED) is 0.271. The van der Waals surface area contributed by atoms with Gasteiger partial charge in [-0.3, -0.25) is 14.5 Å². The van der Waals surface area contributed by atoms with Crippen LogP contribution in [0.4, 0.5) is 0 Å². The van der Waals surface area contributed by atoms with Gasteiger partial charge in [0.05, 0.1) is 29.6 Å². The molecule has 3 rings (SSSR count). The standard InChI is InChI=1S/C29H40ClNO5/c1-5-7-18(13-19-9-10-20(33)14-24(19)30)8-11-25(34)26-21(17(3)4)15-22-27(23(26)16-32)29(36)31(12-6-2)28(22)35/h9-10,13-14,17,22-23,25,27,32-34H,5-8,11-12,15-16H2,1-4H3/b18-13+/t22-,23+,25-,27-/m1/s1. The van der Waals surface area contributed by atoms with Crippen LogP contribution in [0, 0.1) is 23.7 Å². The zero-order valence-corrected chi connectivity index (χ0v) is 22.6. The summed E-state index contributed by atoms with van der Waals surface area (Å²) in [4.78, 5) is 27.6. The number of benzene rings is 1. The summed E-state index contributed by atoms with van der Waals surface area (Å²) >= 11 is 6.31. The van der Waals surface area contributed by atoms with Crippen molar-refractivity contribution in [1.82, 2.24) is 4.90 Å². The number of aliphatic hydroxyl groups is 2. The minimum Gasteiger partial charge on any atom is -0.508 e. The van der Waals surface area contributed by atoms with Crippen molar-refractivity contribution in [1.29, 1.82) is 0 Å². The first-order chi connectivity index (χ1) is 17.1. The predicted octanol–water partition coefficient (Wildman–Crippen LogP) is 5.35. The monoisotopic (exact) mass is 517 g/mol. The Hall–Kier alpha value is -2.15. The number of hydrogen-bond acceptors (Lipinski definition) is 5. The highest BCUT2D eigenvalue weighted by atomic mass is 35.5. The van der Waals surface area contributed by atoms with Gasteiger partial charge in [-0.05, 0) is 67.4 Å². The van der Waals surface area contributed by atoms with Crippen molar-refractivity contribution in [3.63, 3.8) is 0 Å². The summed E-state index contributed by atoms with van der Waals surface area (Å²) in [5.41, 5.74) is 3.68. The van der Waals surface area contributed by atoms with Gasteiger partial charge in [-0.15, -0.1) is 0 Å². The number of aromatic hydroxyl groups is 1. The molecule has 0 bridgehead atoms. The smallest absolute Gasteiger partial charge is 0.233 e. The first kappa shape index (κ1) is 28.4. The van der Waals surface area contributed by atoms with E-state index in [1.807, 2.05) is 26.8 Å². The largest absolute Gasteiger partial charge is 0.508 e. The van der Waals surface area contributed by atoms with Crippen molar-refractivity contribution in [2.24, 2.45) is 23.7 Å². The summed E-state index contributed by atoms with van der Waals surface area (Å²) in [7, 11) is 0. The van der Waals surface area contributed by atoms with Crippen LogP contribution < -0.4 is 0 Å². The highest BCUT2D eigenvalue weighted by Gasteiger charge is 2.54. The number of aliphatic hydroxyl groups excluding tert-OH is 2. The number of likely N-dealkylation sites (tertiary alicyclic amines) is 1. The van der Waals surface area contributed by atoms with Crippen LogP contribution in [0.2, 0.25) is 5.02 Å². The van der Waals surface area contributed by atoms with Crippen LogP contribution in [0.3, 0.4) is 0 Å². The lowest BCUT2D eigenvalue weighted by Gasteiger charge is -2.38. The van der Waals surface area contributed by atoms with Crippen molar-refractivity contribution in [2.75, 3.05) is 13.2 Å². The third-order valence-electron chi connectivity index (χ3n) is 7.56. The van der Waals surface area contributed by atoms with E-state index in [2.05, 4.69) is 6.92 Å². The molecule has 0 aromatic heterocycles. The number of fused-ring (bicyclic) bond motifs is 1. The molecule has 0 saturated carbocycles. The van der Waals surface area contributed by atoms with E-state index in [0.29, 0.717) is 37.3 Å². The van der Waals surface area contributed by atoms with Gasteiger partial charge >= 0.3 is 0 Å². The van der Waals surface area contributed by atoms with Gasteiger partial charge < -0.3 is 15.3 Å². The van der Waals surface area contributed by atoms with Crippen molar-refractivity contribution < 1.29 is 24.9 Å². The Morgan fingerprint density at radius 1 is 1.17 bits per heavy atom. The van der Waals surface area contributed by atoms with Gasteiger partial charge in [0.15, 0.2) is 0 Å². The number of amides is 2. The molecule has 6 nitrogen and oxygen atoms in total. The summed E-state index contributed by atoms with van der Waals surface area (Å²) < 4.78 is 0. The Morgan fingerprint density at radius 2 is 1.89 bits per heavy atom. The van der Waals surface area contributed by atoms with Gasteiger partial charge in [0, 0.05) is 12.5 Å². The number of nitrogens with zero attached hydrogens (tertiary/aromatic N) is 1. The zero-order valence-electron chi connectivity index (χ0n) is 21.8. The first-order valence-corrected chi connectivity index (χ1v) is 13.6. The summed E-state index contributed by atoms with van der Waals surface area (Å²) in [6.07, 6.45) is 5.19. The van der Waals surface area contributed by atoms with E-state index in [0.717, 1.165) is 35.1 Å². The average Bonchev–Trinajstić information content (AvgIpc) is 3.07. The summed E-state index contributed by atoms with van der Waals surface area (Å²) in [6.45, 7) is 8.22. The molecular weight excluding hydrogens is 478 g/mol. The molecule has 2 amide bonds. The second kappa shape index (κ2) is 12.4. The van der Waals surface area contributed by atoms with E-state index in [-0.39, 0.29) is 30.1 Å². The van der Waals surface area contributed by atoms with Gasteiger partial charge in [-0.25, -0.2) is 0 Å². The number of hydrogen-bond donors (Lipinski definition) is 3. The molecule has 1 fully saturated rings. The minimum atomic E-state index is -0.820. The molecule has 1 aliphatic carbocycles. The highest BCUT2D eigenvalue weighted by molar-refractivity contribution is 6.32. The maximum absolute atomic E-state index is 13.2. The van der Waals surface area contributed by atoms with E-state index >= 15 is 0 Å². The minimum absolute atomic E-state index is 0.0919. The molecule has 0 unspecified atom stereocenters. The zero-order chi connectivity index (χ0) is 26.6. The topological polar surface area (TPSA) is 98.1 Å². The van der Waals surface area contributed by atoms with Gasteiger partial charge in [0.1, 0.15) is 5.75 Å². The predicted molar refractivity (Wildman–Crippen MR) is 142 cm³/mol. The van der Waals surface area contributed by atoms with Crippen LogP contribution in [0.1, 0.15) is 71.8 Å². The second-order valence-corrected chi connectivity index (χ2v) is 10.8. The fraction of sp³-hybridized carbons (Fsp3) is 0.586. The third-order valence-corrected chi connectivity index (χ3v) is 7.89. The Kier molecular flexibility index (Phi) is 9.79. The number of phenols is 1. The third kappa shape index (κ3) is 5.87. The second-order valence-electron chi connectivity index (χ2n) is 10.4. The van der Waals surface area contributed by atoms with E-state index in [4.69, 9.17) is 11.6 Å². The molecule has 1 aliphatic heterocycles. The number of phenolic OH excluding ortho intramolecular Hbond substituents is 1. The van der Waals surface area contributed by atoms with Gasteiger partial charge in [0.25, 0.3) is 0 Å². The van der Waals surface area contributed by atoms with E-state index < -0.39 is 23.9 Å². The molecule has 1 aromatic rings. The molecule has 1 aromatic carbocycles. The Balaban J connectivity index is 1.88. The lowest BCUT2D eigenvalue weighted by Crippen LogP contribution is -2.40. The van der Waals surface area contributed by atoms with Crippen molar-refractivity contribution >= 4 is 29.5 Å². The van der Waals surface area contributed by atoms with Crippen molar-refractivity contribution in [2.45, 2.75) is 72.3 Å². The van der Waals surface area contributed by atoms with E-state index in [9.17, 15) is 24.9 Å². The maximum Gasteiger partial charge on any atom is 0.233 e. The number of carbonyl (C=O) groups excluding carboxylic acids is 2. The molecule has 2 aliphatic rings. The van der Waals surface area contributed by atoms with Gasteiger partial charge in [-0.2, -0.15) is 0 Å². The molecule has 0 spiro atoms. The molecule has 36 heavy (non-hydrogen) atoms. The van der Waals surface area contributed by atoms with Crippen LogP contribution in [-0.4, -0.2) is 51.3 Å². The van der Waals surface area contributed by atoms with Crippen LogP contribution in [0.25, 0.3) is 6.08 Å². The van der Waals surface area contributed by atoms with Gasteiger partial charge in [-0.1, -0.05) is 62.9 Å². The number of carbonyl (C=O) groups is 2. The molecule has 1 saturated heterocycles. The summed E-state index contributed by atoms with van der Waals surface area (Å²) in [5, 5.41) is 32.0. The van der Waals surface area contributed by atoms with E-state index in [1.54, 1.807) is 12.1 Å². The fourth-order valence-corrected chi connectivity index (χ4v) is 6.10. The van der Waals surface area contributed by atoms with Crippen molar-refractivity contribution in [3.05, 3.63) is 45.5 Å². The number of allylic oxidation sites excluding steroid dienone is 2. The fourth-order valence-electron chi connectivity index (χ4n) is 5.87. The number of halogens is 1. The first-order valence-electron chi connectivity index (χ1n) is 13.2. The lowest BCUT2D eigenvalue weighted by atomic mass is 9.66. The number of imide groups is 1. The van der Waals surface area contributed by atoms with Crippen LogP contribution >= 0.6 is 11.6 Å². The summed E-state index contributed by atoms with van der Waals surface area (Å²) in [5.74, 6) is -1.78. The molecule has 3 N–H and O–H groups in total. The SMILES string of the molecule is CCC/C(=C\c1ccc(O)cc1Cl)CC[C@@H](O)C1=C(C(C)C)C[C@H]2C(=O)N(CCC)C(=O)[C@H]2[C@H]1CO. The molecule has 4 atom stereocenters. The molecule has 1 heterocycles. The lowest BCUT2D eigenvalue weighted by molar-refractivity contribution is -0.140.